The van der Waals surface area contributed by atoms with Gasteiger partial charge in [0, 0.05) is 69.6 Å². The molecule has 4 heterocycles. The molecule has 1 aliphatic rings. The van der Waals surface area contributed by atoms with Gasteiger partial charge in [-0.1, -0.05) is 29.3 Å². The van der Waals surface area contributed by atoms with Crippen molar-refractivity contribution in [3.63, 3.8) is 0 Å². The van der Waals surface area contributed by atoms with Gasteiger partial charge in [-0.15, -0.1) is 0 Å². The topological polar surface area (TPSA) is 112 Å². The van der Waals surface area contributed by atoms with E-state index < -0.39 is 5.56 Å². The first-order chi connectivity index (χ1) is 21.2. The Morgan fingerprint density at radius 3 is 2.34 bits per heavy atom. The van der Waals surface area contributed by atoms with Gasteiger partial charge in [-0.25, -0.2) is 9.97 Å². The molecule has 1 fully saturated rings. The van der Waals surface area contributed by atoms with Crippen molar-refractivity contribution in [2.75, 3.05) is 57.5 Å². The number of rotatable bonds is 6. The molecule has 0 radical (unpaired) electrons. The number of fused-ring (bicyclic) bond motifs is 1. The first-order valence-corrected chi connectivity index (χ1v) is 14.7. The monoisotopic (exact) mass is 629 g/mol. The molecular formula is C31H29Cl2N9O2. The first kappa shape index (κ1) is 29.5. The number of nitrogens with zero attached hydrogens (tertiary/aromatic N) is 8. The summed E-state index contributed by atoms with van der Waals surface area (Å²) >= 11 is 13.0. The van der Waals surface area contributed by atoms with E-state index in [2.05, 4.69) is 49.4 Å². The Balaban J connectivity index is 1.44. The van der Waals surface area contributed by atoms with Crippen LogP contribution in [0.3, 0.4) is 0 Å². The second-order valence-electron chi connectivity index (χ2n) is 10.7. The molecule has 0 atom stereocenters. The van der Waals surface area contributed by atoms with Gasteiger partial charge in [0.15, 0.2) is 0 Å². The molecule has 6 rings (SSSR count). The molecule has 0 unspecified atom stereocenters. The number of pyridine rings is 1. The van der Waals surface area contributed by atoms with Gasteiger partial charge >= 0.3 is 0 Å². The number of likely N-dealkylation sites (N-methyl/N-ethyl adjacent to an activating group) is 1. The van der Waals surface area contributed by atoms with E-state index >= 15 is 0 Å². The van der Waals surface area contributed by atoms with Gasteiger partial charge in [-0.2, -0.15) is 9.78 Å². The maximum atomic E-state index is 13.8. The normalized spacial score (nSPS) is 13.7. The van der Waals surface area contributed by atoms with E-state index in [1.807, 2.05) is 12.1 Å². The van der Waals surface area contributed by atoms with Crippen molar-refractivity contribution in [2.24, 2.45) is 0 Å². The summed E-state index contributed by atoms with van der Waals surface area (Å²) in [4.78, 5) is 46.0. The number of hydrogen-bond donors (Lipinski definition) is 1. The summed E-state index contributed by atoms with van der Waals surface area (Å²) in [6.07, 6.45) is 2.96. The van der Waals surface area contributed by atoms with Crippen molar-refractivity contribution in [3.05, 3.63) is 93.1 Å². The van der Waals surface area contributed by atoms with E-state index in [9.17, 15) is 9.59 Å². The lowest BCUT2D eigenvalue weighted by molar-refractivity contribution is 0.0822. The average molecular weight is 631 g/mol. The lowest BCUT2D eigenvalue weighted by Crippen LogP contribution is -2.44. The van der Waals surface area contributed by atoms with Crippen LogP contribution in [0.2, 0.25) is 10.0 Å². The molecule has 2 aromatic carbocycles. The molecule has 0 aliphatic carbocycles. The Morgan fingerprint density at radius 2 is 1.66 bits per heavy atom. The third kappa shape index (κ3) is 5.81. The van der Waals surface area contributed by atoms with Crippen LogP contribution in [0.1, 0.15) is 10.5 Å². The van der Waals surface area contributed by atoms with Crippen molar-refractivity contribution in [3.8, 4) is 16.9 Å². The number of anilines is 3. The maximum Gasteiger partial charge on any atom is 0.282 e. The van der Waals surface area contributed by atoms with Crippen LogP contribution in [-0.4, -0.2) is 87.8 Å². The predicted molar refractivity (Wildman–Crippen MR) is 174 cm³/mol. The fraction of sp³-hybridized carbons (Fsp3) is 0.226. The summed E-state index contributed by atoms with van der Waals surface area (Å²) < 4.78 is 1.14. The quantitative estimate of drug-likeness (QED) is 0.284. The number of piperazine rings is 1. The van der Waals surface area contributed by atoms with Gasteiger partial charge in [-0.3, -0.25) is 14.6 Å². The standard InChI is InChI=1S/C31H29Cl2N9O2/c1-39(2)30(44)25-17-19(11-12-34-25)26-27-22(29(43)42(38-26)28-23(32)5-4-6-24(28)33)18-35-31(37-27)36-20-7-9-21(10-8-20)41-15-13-40(3)14-16-41/h4-12,17-18H,13-16H2,1-3H3,(H,35,36,37). The van der Waals surface area contributed by atoms with Crippen LogP contribution in [0.5, 0.6) is 0 Å². The van der Waals surface area contributed by atoms with Crippen molar-refractivity contribution < 1.29 is 4.79 Å². The van der Waals surface area contributed by atoms with Crippen molar-refractivity contribution in [2.45, 2.75) is 0 Å². The number of halogens is 2. The van der Waals surface area contributed by atoms with Crippen LogP contribution < -0.4 is 15.8 Å². The Bertz CT molecular complexity index is 1900. The molecule has 44 heavy (non-hydrogen) atoms. The minimum atomic E-state index is -0.500. The highest BCUT2D eigenvalue weighted by atomic mass is 35.5. The zero-order valence-corrected chi connectivity index (χ0v) is 25.8. The number of carbonyl (C=O) groups excluding carboxylic acids is 1. The van der Waals surface area contributed by atoms with Crippen LogP contribution in [0.15, 0.2) is 71.8 Å². The Morgan fingerprint density at radius 1 is 0.955 bits per heavy atom. The Kier molecular flexibility index (Phi) is 8.17. The summed E-state index contributed by atoms with van der Waals surface area (Å²) in [6.45, 7) is 3.99. The minimum Gasteiger partial charge on any atom is -0.369 e. The predicted octanol–water partition coefficient (Wildman–Crippen LogP) is 4.74. The van der Waals surface area contributed by atoms with Crippen LogP contribution >= 0.6 is 23.2 Å². The molecule has 224 valence electrons. The van der Waals surface area contributed by atoms with Crippen LogP contribution in [0, 0.1) is 0 Å². The molecule has 0 bridgehead atoms. The zero-order chi connectivity index (χ0) is 31.0. The smallest absolute Gasteiger partial charge is 0.282 e. The molecule has 0 saturated carbocycles. The summed E-state index contributed by atoms with van der Waals surface area (Å²) in [5, 5.41) is 8.60. The van der Waals surface area contributed by atoms with Crippen LogP contribution in [-0.2, 0) is 0 Å². The number of nitrogens with one attached hydrogen (secondary N) is 1. The molecule has 1 amide bonds. The third-order valence-electron chi connectivity index (χ3n) is 7.44. The molecule has 5 aromatic rings. The van der Waals surface area contributed by atoms with E-state index in [0.29, 0.717) is 11.3 Å². The molecule has 3 aromatic heterocycles. The van der Waals surface area contributed by atoms with Crippen LogP contribution in [0.4, 0.5) is 17.3 Å². The average Bonchev–Trinajstić information content (AvgIpc) is 3.02. The van der Waals surface area contributed by atoms with Gasteiger partial charge in [0.05, 0.1) is 15.4 Å². The van der Waals surface area contributed by atoms with Gasteiger partial charge in [-0.05, 0) is 55.6 Å². The highest BCUT2D eigenvalue weighted by Gasteiger charge is 2.21. The SMILES string of the molecule is CN1CCN(c2ccc(Nc3ncc4c(=O)n(-c5c(Cl)cccc5Cl)nc(-c5ccnc(C(=O)N(C)C)c5)c4n3)cc2)CC1. The summed E-state index contributed by atoms with van der Waals surface area (Å²) in [7, 11) is 5.42. The number of para-hydroxylation sites is 1. The van der Waals surface area contributed by atoms with Crippen LogP contribution in [0.25, 0.3) is 27.8 Å². The fourth-order valence-electron chi connectivity index (χ4n) is 5.00. The van der Waals surface area contributed by atoms with E-state index in [0.717, 1.165) is 42.2 Å². The van der Waals surface area contributed by atoms with E-state index in [4.69, 9.17) is 28.2 Å². The molecular weight excluding hydrogens is 601 g/mol. The molecule has 13 heteroatoms. The second-order valence-corrected chi connectivity index (χ2v) is 11.5. The van der Waals surface area contributed by atoms with Gasteiger partial charge < -0.3 is 20.0 Å². The molecule has 1 saturated heterocycles. The minimum absolute atomic E-state index is 0.194. The lowest BCUT2D eigenvalue weighted by Gasteiger charge is -2.34. The van der Waals surface area contributed by atoms with E-state index in [-0.39, 0.29) is 44.2 Å². The maximum absolute atomic E-state index is 13.8. The van der Waals surface area contributed by atoms with Gasteiger partial charge in [0.2, 0.25) is 5.95 Å². The number of carbonyl (C=O) groups is 1. The summed E-state index contributed by atoms with van der Waals surface area (Å²) in [6, 6.07) is 16.3. The Hall–Kier alpha value is -4.58. The number of amides is 1. The third-order valence-corrected chi connectivity index (χ3v) is 8.05. The fourth-order valence-corrected chi connectivity index (χ4v) is 5.55. The largest absolute Gasteiger partial charge is 0.369 e. The van der Waals surface area contributed by atoms with Crippen molar-refractivity contribution in [1.29, 1.82) is 0 Å². The van der Waals surface area contributed by atoms with Crippen molar-refractivity contribution >= 4 is 57.3 Å². The highest BCUT2D eigenvalue weighted by molar-refractivity contribution is 6.37. The van der Waals surface area contributed by atoms with Crippen molar-refractivity contribution in [1.82, 2.24) is 34.5 Å². The number of aromatic nitrogens is 5. The Labute approximate surface area is 263 Å². The highest BCUT2D eigenvalue weighted by Crippen LogP contribution is 2.30. The summed E-state index contributed by atoms with van der Waals surface area (Å²) in [5.41, 5.74) is 3.00. The zero-order valence-electron chi connectivity index (χ0n) is 24.3. The molecule has 0 spiro atoms. The lowest BCUT2D eigenvalue weighted by atomic mass is 10.1. The first-order valence-electron chi connectivity index (χ1n) is 13.9. The number of benzene rings is 2. The van der Waals surface area contributed by atoms with E-state index in [1.165, 1.54) is 17.3 Å². The second kappa shape index (κ2) is 12.2. The van der Waals surface area contributed by atoms with E-state index in [1.54, 1.807) is 44.4 Å². The van der Waals surface area contributed by atoms with Gasteiger partial charge in [0.25, 0.3) is 11.5 Å². The molecule has 1 N–H and O–H groups in total. The molecule has 1 aliphatic heterocycles. The van der Waals surface area contributed by atoms with Gasteiger partial charge in [0.1, 0.15) is 22.6 Å². The number of hydrogen-bond acceptors (Lipinski definition) is 9. The molecule has 11 nitrogen and oxygen atoms in total. The summed E-state index contributed by atoms with van der Waals surface area (Å²) in [5.74, 6) is -0.00454.